The van der Waals surface area contributed by atoms with Gasteiger partial charge in [0.05, 0.1) is 6.26 Å². The summed E-state index contributed by atoms with van der Waals surface area (Å²) in [7, 11) is -3.20. The summed E-state index contributed by atoms with van der Waals surface area (Å²) < 4.78 is 24.7. The molecule has 1 aromatic carbocycles. The standard InChI is InChI=1S/C16H24N2O2S/c1-21(19,20)17-16-10-8-15(9-11-16)7-6-14-18-12-4-2-3-5-13-18/h6-11,17H,2-5,12-14H2,1H3. The third-order valence-electron chi connectivity index (χ3n) is 3.59. The molecule has 0 unspecified atom stereocenters. The van der Waals surface area contributed by atoms with Gasteiger partial charge in [-0.3, -0.25) is 9.62 Å². The van der Waals surface area contributed by atoms with E-state index in [0.717, 1.165) is 18.4 Å². The van der Waals surface area contributed by atoms with Crippen molar-refractivity contribution in [3.8, 4) is 0 Å². The second-order valence-electron chi connectivity index (χ2n) is 5.61. The fourth-order valence-corrected chi connectivity index (χ4v) is 3.10. The van der Waals surface area contributed by atoms with Crippen LogP contribution in [0.25, 0.3) is 6.08 Å². The van der Waals surface area contributed by atoms with Gasteiger partial charge in [-0.1, -0.05) is 37.1 Å². The van der Waals surface area contributed by atoms with Crippen molar-refractivity contribution in [2.45, 2.75) is 25.7 Å². The van der Waals surface area contributed by atoms with E-state index in [1.165, 1.54) is 38.8 Å². The Hall–Kier alpha value is -1.33. The number of rotatable bonds is 5. The maximum absolute atomic E-state index is 11.1. The van der Waals surface area contributed by atoms with Crippen molar-refractivity contribution in [2.24, 2.45) is 0 Å². The molecular weight excluding hydrogens is 284 g/mol. The fraction of sp³-hybridized carbons (Fsp3) is 0.500. The fourth-order valence-electron chi connectivity index (χ4n) is 2.53. The van der Waals surface area contributed by atoms with Crippen molar-refractivity contribution in [1.29, 1.82) is 0 Å². The number of hydrogen-bond acceptors (Lipinski definition) is 3. The summed E-state index contributed by atoms with van der Waals surface area (Å²) in [6, 6.07) is 7.41. The van der Waals surface area contributed by atoms with Crippen LogP contribution in [0.15, 0.2) is 30.3 Å². The molecule has 1 fully saturated rings. The lowest BCUT2D eigenvalue weighted by atomic mass is 10.2. The monoisotopic (exact) mass is 308 g/mol. The minimum absolute atomic E-state index is 0.599. The zero-order chi connectivity index (χ0) is 15.1. The average Bonchev–Trinajstić information content (AvgIpc) is 2.68. The van der Waals surface area contributed by atoms with Gasteiger partial charge >= 0.3 is 0 Å². The molecule has 1 aliphatic heterocycles. The molecule has 1 aliphatic rings. The highest BCUT2D eigenvalue weighted by molar-refractivity contribution is 7.92. The second-order valence-corrected chi connectivity index (χ2v) is 7.36. The number of sulfonamides is 1. The van der Waals surface area contributed by atoms with Crippen LogP contribution in [0.2, 0.25) is 0 Å². The Morgan fingerprint density at radius 2 is 1.71 bits per heavy atom. The van der Waals surface area contributed by atoms with Crippen LogP contribution >= 0.6 is 0 Å². The maximum atomic E-state index is 11.1. The molecule has 0 radical (unpaired) electrons. The molecule has 5 heteroatoms. The second kappa shape index (κ2) is 7.61. The van der Waals surface area contributed by atoms with E-state index in [1.54, 1.807) is 12.1 Å². The zero-order valence-corrected chi connectivity index (χ0v) is 13.4. The first-order chi connectivity index (χ1) is 10.0. The van der Waals surface area contributed by atoms with E-state index in [0.29, 0.717) is 5.69 Å². The highest BCUT2D eigenvalue weighted by Crippen LogP contribution is 2.13. The van der Waals surface area contributed by atoms with Gasteiger partial charge in [0.2, 0.25) is 10.0 Å². The van der Waals surface area contributed by atoms with Gasteiger partial charge in [-0.2, -0.15) is 0 Å². The first-order valence-corrected chi connectivity index (χ1v) is 9.39. The van der Waals surface area contributed by atoms with Crippen LogP contribution in [0.5, 0.6) is 0 Å². The first kappa shape index (κ1) is 16.0. The Kier molecular flexibility index (Phi) is 5.82. The summed E-state index contributed by atoms with van der Waals surface area (Å²) in [5.41, 5.74) is 1.69. The molecule has 4 nitrogen and oxygen atoms in total. The molecule has 1 aromatic rings. The summed E-state index contributed by atoms with van der Waals surface area (Å²) >= 11 is 0. The van der Waals surface area contributed by atoms with Crippen molar-refractivity contribution in [3.63, 3.8) is 0 Å². The predicted molar refractivity (Wildman–Crippen MR) is 88.9 cm³/mol. The van der Waals surface area contributed by atoms with Crippen molar-refractivity contribution >= 4 is 21.8 Å². The molecule has 0 aromatic heterocycles. The molecule has 0 spiro atoms. The van der Waals surface area contributed by atoms with Gasteiger partial charge in [-0.25, -0.2) is 8.42 Å². The summed E-state index contributed by atoms with van der Waals surface area (Å²) in [5.74, 6) is 0. The molecule has 0 amide bonds. The zero-order valence-electron chi connectivity index (χ0n) is 12.6. The summed E-state index contributed by atoms with van der Waals surface area (Å²) in [6.45, 7) is 3.38. The normalized spacial score (nSPS) is 17.8. The molecular formula is C16H24N2O2S. The lowest BCUT2D eigenvalue weighted by molar-refractivity contribution is 0.316. The number of nitrogens with one attached hydrogen (secondary N) is 1. The van der Waals surface area contributed by atoms with E-state index in [-0.39, 0.29) is 0 Å². The molecule has 2 rings (SSSR count). The van der Waals surface area contributed by atoms with E-state index < -0.39 is 10.0 Å². The third-order valence-corrected chi connectivity index (χ3v) is 4.19. The lowest BCUT2D eigenvalue weighted by Crippen LogP contribution is -2.24. The lowest BCUT2D eigenvalue weighted by Gasteiger charge is -2.17. The van der Waals surface area contributed by atoms with Crippen LogP contribution in [0.4, 0.5) is 5.69 Å². The Morgan fingerprint density at radius 1 is 1.10 bits per heavy atom. The minimum Gasteiger partial charge on any atom is -0.300 e. The molecule has 21 heavy (non-hydrogen) atoms. The molecule has 1 heterocycles. The van der Waals surface area contributed by atoms with Gasteiger partial charge in [0, 0.05) is 12.2 Å². The highest BCUT2D eigenvalue weighted by Gasteiger charge is 2.06. The van der Waals surface area contributed by atoms with Gasteiger partial charge in [0.25, 0.3) is 0 Å². The van der Waals surface area contributed by atoms with Gasteiger partial charge in [-0.15, -0.1) is 0 Å². The number of hydrogen-bond donors (Lipinski definition) is 1. The number of likely N-dealkylation sites (tertiary alicyclic amines) is 1. The van der Waals surface area contributed by atoms with E-state index >= 15 is 0 Å². The van der Waals surface area contributed by atoms with E-state index in [4.69, 9.17) is 0 Å². The van der Waals surface area contributed by atoms with Gasteiger partial charge in [-0.05, 0) is 43.6 Å². The quantitative estimate of drug-likeness (QED) is 0.910. The summed E-state index contributed by atoms with van der Waals surface area (Å²) in [5, 5.41) is 0. The van der Waals surface area contributed by atoms with E-state index in [1.807, 2.05) is 12.1 Å². The smallest absolute Gasteiger partial charge is 0.229 e. The Labute approximate surface area is 127 Å². The van der Waals surface area contributed by atoms with Crippen LogP contribution < -0.4 is 4.72 Å². The summed E-state index contributed by atoms with van der Waals surface area (Å²) in [6.07, 6.45) is 10.8. The maximum Gasteiger partial charge on any atom is 0.229 e. The Balaban J connectivity index is 1.86. The summed E-state index contributed by atoms with van der Waals surface area (Å²) in [4.78, 5) is 2.49. The van der Waals surface area contributed by atoms with Crippen LogP contribution in [-0.4, -0.2) is 39.2 Å². The van der Waals surface area contributed by atoms with Gasteiger partial charge < -0.3 is 0 Å². The number of nitrogens with zero attached hydrogens (tertiary/aromatic N) is 1. The van der Waals surface area contributed by atoms with Crippen LogP contribution in [-0.2, 0) is 10.0 Å². The number of anilines is 1. The van der Waals surface area contributed by atoms with E-state index in [9.17, 15) is 8.42 Å². The number of benzene rings is 1. The van der Waals surface area contributed by atoms with Crippen molar-refractivity contribution in [3.05, 3.63) is 35.9 Å². The van der Waals surface area contributed by atoms with Gasteiger partial charge in [0.1, 0.15) is 0 Å². The van der Waals surface area contributed by atoms with E-state index in [2.05, 4.69) is 21.8 Å². The Morgan fingerprint density at radius 3 is 2.29 bits per heavy atom. The SMILES string of the molecule is CS(=O)(=O)Nc1ccc(C=CCN2CCCCCC2)cc1. The molecule has 1 N–H and O–H groups in total. The molecule has 0 saturated carbocycles. The molecule has 116 valence electrons. The van der Waals surface area contributed by atoms with Crippen LogP contribution in [0.3, 0.4) is 0 Å². The molecule has 0 aliphatic carbocycles. The first-order valence-electron chi connectivity index (χ1n) is 7.50. The third kappa shape index (κ3) is 6.31. The predicted octanol–water partition coefficient (Wildman–Crippen LogP) is 2.95. The van der Waals surface area contributed by atoms with Gasteiger partial charge in [0.15, 0.2) is 0 Å². The van der Waals surface area contributed by atoms with Crippen LogP contribution in [0, 0.1) is 0 Å². The Bertz CT molecular complexity index is 556. The largest absolute Gasteiger partial charge is 0.300 e. The molecule has 0 bridgehead atoms. The highest BCUT2D eigenvalue weighted by atomic mass is 32.2. The average molecular weight is 308 g/mol. The van der Waals surface area contributed by atoms with Crippen LogP contribution in [0.1, 0.15) is 31.2 Å². The van der Waals surface area contributed by atoms with Crippen molar-refractivity contribution in [2.75, 3.05) is 30.6 Å². The minimum atomic E-state index is -3.20. The van der Waals surface area contributed by atoms with Crippen molar-refractivity contribution < 1.29 is 8.42 Å². The van der Waals surface area contributed by atoms with Crippen molar-refractivity contribution in [1.82, 2.24) is 4.90 Å². The molecule has 0 atom stereocenters. The topological polar surface area (TPSA) is 49.4 Å². The molecule has 1 saturated heterocycles.